The van der Waals surface area contributed by atoms with E-state index in [1.54, 1.807) is 23.1 Å². The van der Waals surface area contributed by atoms with Gasteiger partial charge in [0.05, 0.1) is 17.0 Å². The smallest absolute Gasteiger partial charge is 0.291 e. The second-order valence-corrected chi connectivity index (χ2v) is 9.89. The predicted molar refractivity (Wildman–Crippen MR) is 146 cm³/mol. The Balaban J connectivity index is 1.41. The lowest BCUT2D eigenvalue weighted by atomic mass is 9.98. The highest BCUT2D eigenvalue weighted by atomic mass is 79.9. The zero-order valence-corrected chi connectivity index (χ0v) is 21.4. The summed E-state index contributed by atoms with van der Waals surface area (Å²) in [5.74, 6) is 0.515. The van der Waals surface area contributed by atoms with Gasteiger partial charge in [0.1, 0.15) is 17.9 Å². The molecule has 5 nitrogen and oxygen atoms in total. The Bertz CT molecular complexity index is 1650. The Morgan fingerprint density at radius 1 is 0.811 bits per heavy atom. The summed E-state index contributed by atoms with van der Waals surface area (Å²) in [6.45, 7) is 0.801. The fourth-order valence-corrected chi connectivity index (χ4v) is 5.13. The molecule has 1 atom stereocenters. The first kappa shape index (κ1) is 23.3. The third-order valence-electron chi connectivity index (χ3n) is 6.57. The van der Waals surface area contributed by atoms with Gasteiger partial charge in [-0.25, -0.2) is 0 Å². The van der Waals surface area contributed by atoms with Crippen LogP contribution in [0.2, 0.25) is 0 Å². The van der Waals surface area contributed by atoms with Crippen molar-refractivity contribution < 1.29 is 13.9 Å². The third-order valence-corrected chi connectivity index (χ3v) is 7.06. The first-order valence-electron chi connectivity index (χ1n) is 12.0. The Morgan fingerprint density at radius 2 is 1.49 bits per heavy atom. The molecule has 0 fully saturated rings. The molecule has 1 amide bonds. The minimum Gasteiger partial charge on any atom is -0.489 e. The molecule has 0 aliphatic carbocycles. The molecule has 4 aromatic carbocycles. The fourth-order valence-electron chi connectivity index (χ4n) is 4.77. The normalized spacial score (nSPS) is 14.7. The van der Waals surface area contributed by atoms with E-state index >= 15 is 0 Å². The maximum Gasteiger partial charge on any atom is 0.291 e. The zero-order chi connectivity index (χ0) is 25.4. The molecular formula is C31H22BrNO4. The number of fused-ring (bicyclic) bond motifs is 2. The summed E-state index contributed by atoms with van der Waals surface area (Å²) in [5, 5.41) is 0.440. The average Bonchev–Trinajstić information content (AvgIpc) is 3.21. The van der Waals surface area contributed by atoms with Crippen molar-refractivity contribution in [2.24, 2.45) is 0 Å². The maximum absolute atomic E-state index is 13.7. The highest BCUT2D eigenvalue weighted by Gasteiger charge is 2.42. The lowest BCUT2D eigenvalue weighted by Gasteiger charge is -2.25. The Labute approximate surface area is 222 Å². The van der Waals surface area contributed by atoms with Crippen LogP contribution in [0.25, 0.3) is 11.0 Å². The molecule has 0 saturated carbocycles. The molecule has 0 spiro atoms. The van der Waals surface area contributed by atoms with Gasteiger partial charge in [0.15, 0.2) is 5.43 Å². The van der Waals surface area contributed by atoms with Gasteiger partial charge in [-0.3, -0.25) is 9.59 Å². The summed E-state index contributed by atoms with van der Waals surface area (Å²) < 4.78 is 12.8. The van der Waals surface area contributed by atoms with Crippen molar-refractivity contribution in [3.05, 3.63) is 146 Å². The third kappa shape index (κ3) is 4.45. The zero-order valence-electron chi connectivity index (χ0n) is 19.8. The van der Waals surface area contributed by atoms with Crippen LogP contribution in [0.5, 0.6) is 5.75 Å². The van der Waals surface area contributed by atoms with Crippen LogP contribution in [0, 0.1) is 0 Å². The van der Waals surface area contributed by atoms with Gasteiger partial charge in [-0.15, -0.1) is 0 Å². The predicted octanol–water partition coefficient (Wildman–Crippen LogP) is 6.88. The number of benzene rings is 4. The van der Waals surface area contributed by atoms with Crippen LogP contribution in [-0.4, -0.2) is 10.8 Å². The van der Waals surface area contributed by atoms with Crippen molar-refractivity contribution >= 4 is 32.8 Å². The number of carbonyl (C=O) groups excluding carboxylic acids is 1. The van der Waals surface area contributed by atoms with Gasteiger partial charge in [0.2, 0.25) is 5.76 Å². The number of rotatable bonds is 6. The quantitative estimate of drug-likeness (QED) is 0.231. The SMILES string of the molecule is O=C1c2oc3ccc(Br)cc3c(=O)c2C(c2ccc(OCc3ccccc3)cc2)N1Cc1ccccc1. The first-order valence-corrected chi connectivity index (χ1v) is 12.8. The molecule has 37 heavy (non-hydrogen) atoms. The molecule has 1 aromatic heterocycles. The van der Waals surface area contributed by atoms with Gasteiger partial charge in [0.25, 0.3) is 5.91 Å². The molecule has 6 heteroatoms. The number of carbonyl (C=O) groups is 1. The van der Waals surface area contributed by atoms with Crippen LogP contribution in [0.4, 0.5) is 0 Å². The van der Waals surface area contributed by atoms with Gasteiger partial charge in [-0.1, -0.05) is 88.7 Å². The molecule has 5 aromatic rings. The van der Waals surface area contributed by atoms with E-state index in [0.29, 0.717) is 35.4 Å². The fraction of sp³-hybridized carbons (Fsp3) is 0.0968. The van der Waals surface area contributed by atoms with Crippen molar-refractivity contribution in [2.45, 2.75) is 19.2 Å². The molecule has 0 bridgehead atoms. The van der Waals surface area contributed by atoms with Crippen molar-refractivity contribution in [1.82, 2.24) is 4.90 Å². The van der Waals surface area contributed by atoms with E-state index in [0.717, 1.165) is 21.2 Å². The van der Waals surface area contributed by atoms with Gasteiger partial charge in [-0.2, -0.15) is 0 Å². The molecule has 6 rings (SSSR count). The first-order chi connectivity index (χ1) is 18.1. The number of halogens is 1. The topological polar surface area (TPSA) is 59.8 Å². The second-order valence-electron chi connectivity index (χ2n) is 8.98. The summed E-state index contributed by atoms with van der Waals surface area (Å²) in [5.41, 5.74) is 3.42. The van der Waals surface area contributed by atoms with Gasteiger partial charge >= 0.3 is 0 Å². The molecule has 0 radical (unpaired) electrons. The average molecular weight is 552 g/mol. The Hall–Kier alpha value is -4.16. The van der Waals surface area contributed by atoms with E-state index in [2.05, 4.69) is 15.9 Å². The molecule has 0 saturated heterocycles. The Morgan fingerprint density at radius 3 is 2.19 bits per heavy atom. The molecule has 182 valence electrons. The molecular weight excluding hydrogens is 530 g/mol. The lowest BCUT2D eigenvalue weighted by Crippen LogP contribution is -2.29. The van der Waals surface area contributed by atoms with Gasteiger partial charge in [0, 0.05) is 11.0 Å². The van der Waals surface area contributed by atoms with E-state index in [1.165, 1.54) is 0 Å². The van der Waals surface area contributed by atoms with E-state index in [9.17, 15) is 9.59 Å². The van der Waals surface area contributed by atoms with Crippen LogP contribution in [0.15, 0.2) is 117 Å². The highest BCUT2D eigenvalue weighted by Crippen LogP contribution is 2.39. The van der Waals surface area contributed by atoms with Crippen LogP contribution >= 0.6 is 15.9 Å². The van der Waals surface area contributed by atoms with E-state index < -0.39 is 6.04 Å². The van der Waals surface area contributed by atoms with Crippen LogP contribution in [-0.2, 0) is 13.2 Å². The largest absolute Gasteiger partial charge is 0.489 e. The summed E-state index contributed by atoms with van der Waals surface area (Å²) >= 11 is 3.44. The van der Waals surface area contributed by atoms with Crippen molar-refractivity contribution in [3.63, 3.8) is 0 Å². The number of hydrogen-bond acceptors (Lipinski definition) is 4. The molecule has 2 heterocycles. The Kier molecular flexibility index (Phi) is 6.10. The highest BCUT2D eigenvalue weighted by molar-refractivity contribution is 9.10. The number of amides is 1. The number of nitrogens with zero attached hydrogens (tertiary/aromatic N) is 1. The number of hydrogen-bond donors (Lipinski definition) is 0. The maximum atomic E-state index is 13.7. The van der Waals surface area contributed by atoms with Crippen molar-refractivity contribution in [2.75, 3.05) is 0 Å². The lowest BCUT2D eigenvalue weighted by molar-refractivity contribution is 0.0714. The molecule has 1 unspecified atom stereocenters. The van der Waals surface area contributed by atoms with Crippen LogP contribution in [0.3, 0.4) is 0 Å². The monoisotopic (exact) mass is 551 g/mol. The molecule has 1 aliphatic rings. The summed E-state index contributed by atoms with van der Waals surface area (Å²) in [4.78, 5) is 29.1. The summed E-state index contributed by atoms with van der Waals surface area (Å²) in [6.07, 6.45) is 0. The standard InChI is InChI=1S/C31H22BrNO4/c32-23-13-16-26-25(17-23)29(34)27-28(33(31(35)30(27)37-26)18-20-7-3-1-4-8-20)22-11-14-24(15-12-22)36-19-21-9-5-2-6-10-21/h1-17,28H,18-19H2. The van der Waals surface area contributed by atoms with Gasteiger partial charge < -0.3 is 14.1 Å². The molecule has 0 N–H and O–H groups in total. The minimum absolute atomic E-state index is 0.102. The van der Waals surface area contributed by atoms with Crippen molar-refractivity contribution in [1.29, 1.82) is 0 Å². The second kappa shape index (κ2) is 9.71. The van der Waals surface area contributed by atoms with E-state index in [-0.39, 0.29) is 17.1 Å². The van der Waals surface area contributed by atoms with E-state index in [4.69, 9.17) is 9.15 Å². The molecule has 1 aliphatic heterocycles. The van der Waals surface area contributed by atoms with Crippen LogP contribution in [0.1, 0.15) is 38.9 Å². The number of ether oxygens (including phenoxy) is 1. The van der Waals surface area contributed by atoms with E-state index in [1.807, 2.05) is 84.9 Å². The minimum atomic E-state index is -0.578. The van der Waals surface area contributed by atoms with Gasteiger partial charge in [-0.05, 0) is 47.0 Å². The summed E-state index contributed by atoms with van der Waals surface area (Å²) in [7, 11) is 0. The summed E-state index contributed by atoms with van der Waals surface area (Å²) in [6, 6.07) is 31.9. The van der Waals surface area contributed by atoms with Crippen molar-refractivity contribution in [3.8, 4) is 5.75 Å². The van der Waals surface area contributed by atoms with Crippen LogP contribution < -0.4 is 10.2 Å².